The fourth-order valence-electron chi connectivity index (χ4n) is 4.57. The Balaban J connectivity index is 1.64. The highest BCUT2D eigenvalue weighted by molar-refractivity contribution is 5.87. The molecule has 0 aliphatic carbocycles. The zero-order chi connectivity index (χ0) is 19.4. The van der Waals surface area contributed by atoms with E-state index in [0.717, 1.165) is 31.5 Å². The third kappa shape index (κ3) is 2.57. The highest BCUT2D eigenvalue weighted by Crippen LogP contribution is 2.42. The minimum atomic E-state index is -0.291. The summed E-state index contributed by atoms with van der Waals surface area (Å²) in [4.78, 5) is 2.26. The largest absolute Gasteiger partial charge is 0.507 e. The van der Waals surface area contributed by atoms with Gasteiger partial charge in [0.25, 0.3) is 0 Å². The average molecular weight is 382 g/mol. The quantitative estimate of drug-likeness (QED) is 0.736. The number of likely N-dealkylation sites (N-methyl/N-ethyl adjacent to an activating group) is 1. The number of benzene rings is 1. The Hall–Kier alpha value is -2.67. The van der Waals surface area contributed by atoms with Gasteiger partial charge in [0.1, 0.15) is 17.2 Å². The van der Waals surface area contributed by atoms with E-state index in [2.05, 4.69) is 22.1 Å². The second-order valence-electron chi connectivity index (χ2n) is 7.85. The highest BCUT2D eigenvalue weighted by atomic mass is 19.1. The van der Waals surface area contributed by atoms with Crippen molar-refractivity contribution in [1.29, 1.82) is 0 Å². The number of ether oxygens (including phenoxy) is 1. The molecule has 0 spiro atoms. The highest BCUT2D eigenvalue weighted by Gasteiger charge is 2.26. The molecule has 2 aromatic heterocycles. The Morgan fingerprint density at radius 2 is 2.14 bits per heavy atom. The number of aromatic nitrogens is 3. The maximum absolute atomic E-state index is 15.0. The number of phenolic OH excluding ortho intramolecular Hbond substituents is 1. The Morgan fingerprint density at radius 3 is 2.96 bits per heavy atom. The topological polar surface area (TPSA) is 63.4 Å². The van der Waals surface area contributed by atoms with E-state index < -0.39 is 0 Å². The number of hydrogen-bond acceptors (Lipinski definition) is 5. The summed E-state index contributed by atoms with van der Waals surface area (Å²) in [6.45, 7) is 4.34. The average Bonchev–Trinajstić information content (AvgIpc) is 3.28. The van der Waals surface area contributed by atoms with Crippen molar-refractivity contribution < 1.29 is 14.2 Å². The van der Waals surface area contributed by atoms with Crippen molar-refractivity contribution in [3.05, 3.63) is 35.3 Å². The van der Waals surface area contributed by atoms with E-state index in [1.54, 1.807) is 12.3 Å². The molecule has 4 heterocycles. The minimum Gasteiger partial charge on any atom is -0.507 e. The predicted octanol–water partition coefficient (Wildman–Crippen LogP) is 3.45. The van der Waals surface area contributed by atoms with E-state index in [-0.39, 0.29) is 17.6 Å². The molecular weight excluding hydrogens is 359 g/mol. The van der Waals surface area contributed by atoms with Gasteiger partial charge in [-0.3, -0.25) is 0 Å². The van der Waals surface area contributed by atoms with Gasteiger partial charge in [-0.2, -0.15) is 0 Å². The van der Waals surface area contributed by atoms with Crippen molar-refractivity contribution in [3.8, 4) is 22.8 Å². The van der Waals surface area contributed by atoms with Gasteiger partial charge >= 0.3 is 0 Å². The summed E-state index contributed by atoms with van der Waals surface area (Å²) in [7, 11) is 2.09. The number of hydrogen-bond donors (Lipinski definition) is 1. The van der Waals surface area contributed by atoms with Crippen LogP contribution < -0.4 is 4.74 Å². The van der Waals surface area contributed by atoms with Crippen LogP contribution in [0.1, 0.15) is 30.0 Å². The smallest absolute Gasteiger partial charge is 0.166 e. The van der Waals surface area contributed by atoms with Crippen LogP contribution in [0.5, 0.6) is 11.5 Å². The third-order valence-electron chi connectivity index (χ3n) is 6.03. The molecule has 0 unspecified atom stereocenters. The van der Waals surface area contributed by atoms with E-state index in [9.17, 15) is 9.50 Å². The summed E-state index contributed by atoms with van der Waals surface area (Å²) in [6, 6.07) is 3.80. The molecule has 2 aliphatic rings. The fourth-order valence-corrected chi connectivity index (χ4v) is 4.57. The Morgan fingerprint density at radius 1 is 1.29 bits per heavy atom. The van der Waals surface area contributed by atoms with Crippen molar-refractivity contribution in [2.24, 2.45) is 0 Å². The molecule has 3 aromatic rings. The summed E-state index contributed by atoms with van der Waals surface area (Å²) >= 11 is 0. The van der Waals surface area contributed by atoms with Crippen LogP contribution in [0.25, 0.3) is 22.3 Å². The number of rotatable bonds is 2. The van der Waals surface area contributed by atoms with Crippen LogP contribution in [0.2, 0.25) is 0 Å². The standard InChI is InChI=1S/C21H23FN4O2/c1-12-18-16(22)11-26(13-4-3-8-25(2)10-13)21(18)24-23-19(12)15-5-6-17-14(20(15)27)7-9-28-17/h5-6,11,13,27H,3-4,7-10H2,1-2H3/t13-/m1/s1. The SMILES string of the molecule is Cc1c(-c2ccc3c(c2O)CCO3)nnc2c1c(F)cn2[C@@H]1CCCN(C)C1. The lowest BCUT2D eigenvalue weighted by Crippen LogP contribution is -2.33. The summed E-state index contributed by atoms with van der Waals surface area (Å²) in [6.07, 6.45) is 4.29. The van der Waals surface area contributed by atoms with Crippen molar-refractivity contribution in [2.45, 2.75) is 32.2 Å². The lowest BCUT2D eigenvalue weighted by Gasteiger charge is -2.30. The maximum atomic E-state index is 15.0. The molecule has 1 fully saturated rings. The van der Waals surface area contributed by atoms with Crippen LogP contribution in [0, 0.1) is 12.7 Å². The van der Waals surface area contributed by atoms with E-state index in [4.69, 9.17) is 4.74 Å². The third-order valence-corrected chi connectivity index (χ3v) is 6.03. The monoisotopic (exact) mass is 382 g/mol. The first-order valence-electron chi connectivity index (χ1n) is 9.74. The normalized spacial score (nSPS) is 19.8. The molecule has 0 bridgehead atoms. The van der Waals surface area contributed by atoms with Crippen LogP contribution in [0.4, 0.5) is 4.39 Å². The molecule has 28 heavy (non-hydrogen) atoms. The maximum Gasteiger partial charge on any atom is 0.166 e. The molecule has 0 amide bonds. The van der Waals surface area contributed by atoms with Gasteiger partial charge in [-0.1, -0.05) is 0 Å². The molecule has 0 radical (unpaired) electrons. The van der Waals surface area contributed by atoms with Crippen molar-refractivity contribution in [1.82, 2.24) is 19.7 Å². The first kappa shape index (κ1) is 17.4. The number of aromatic hydroxyl groups is 1. The van der Waals surface area contributed by atoms with Gasteiger partial charge in [0.15, 0.2) is 11.5 Å². The van der Waals surface area contributed by atoms with Crippen molar-refractivity contribution in [2.75, 3.05) is 26.7 Å². The molecule has 1 aromatic carbocycles. The first-order valence-corrected chi connectivity index (χ1v) is 9.74. The lowest BCUT2D eigenvalue weighted by atomic mass is 10.00. The van der Waals surface area contributed by atoms with E-state index in [0.29, 0.717) is 46.6 Å². The van der Waals surface area contributed by atoms with E-state index in [1.165, 1.54) is 0 Å². The van der Waals surface area contributed by atoms with Gasteiger partial charge in [0, 0.05) is 36.3 Å². The zero-order valence-corrected chi connectivity index (χ0v) is 16.1. The zero-order valence-electron chi connectivity index (χ0n) is 16.1. The van der Waals surface area contributed by atoms with Gasteiger partial charge in [-0.15, -0.1) is 10.2 Å². The minimum absolute atomic E-state index is 0.153. The number of likely N-dealkylation sites (tertiary alicyclic amines) is 1. The molecule has 7 heteroatoms. The summed E-state index contributed by atoms with van der Waals surface area (Å²) in [5, 5.41) is 20.0. The number of halogens is 1. The van der Waals surface area contributed by atoms with Crippen LogP contribution in [0.3, 0.4) is 0 Å². The molecule has 1 atom stereocenters. The lowest BCUT2D eigenvalue weighted by molar-refractivity contribution is 0.214. The molecule has 2 aliphatic heterocycles. The number of piperidine rings is 1. The number of nitrogens with zero attached hydrogens (tertiary/aromatic N) is 4. The molecule has 146 valence electrons. The Bertz CT molecular complexity index is 1080. The molecule has 5 rings (SSSR count). The molecule has 6 nitrogen and oxygen atoms in total. The van der Waals surface area contributed by atoms with Crippen LogP contribution >= 0.6 is 0 Å². The predicted molar refractivity (Wildman–Crippen MR) is 104 cm³/mol. The van der Waals surface area contributed by atoms with Crippen LogP contribution in [0.15, 0.2) is 18.3 Å². The molecule has 1 saturated heterocycles. The Kier molecular flexibility index (Phi) is 4.01. The summed E-state index contributed by atoms with van der Waals surface area (Å²) < 4.78 is 22.4. The summed E-state index contributed by atoms with van der Waals surface area (Å²) in [5.74, 6) is 0.563. The molecule has 1 N–H and O–H groups in total. The molecular formula is C21H23FN4O2. The molecule has 0 saturated carbocycles. The van der Waals surface area contributed by atoms with Gasteiger partial charge in [-0.05, 0) is 51.1 Å². The van der Waals surface area contributed by atoms with Crippen molar-refractivity contribution in [3.63, 3.8) is 0 Å². The number of phenols is 1. The van der Waals surface area contributed by atoms with Gasteiger partial charge in [0.2, 0.25) is 0 Å². The second kappa shape index (κ2) is 6.44. The van der Waals surface area contributed by atoms with Crippen LogP contribution in [-0.2, 0) is 6.42 Å². The second-order valence-corrected chi connectivity index (χ2v) is 7.85. The first-order chi connectivity index (χ1) is 13.5. The Labute approximate surface area is 162 Å². The van der Waals surface area contributed by atoms with Crippen molar-refractivity contribution >= 4 is 11.0 Å². The van der Waals surface area contributed by atoms with Gasteiger partial charge in [0.05, 0.1) is 12.0 Å². The fraction of sp³-hybridized carbons (Fsp3) is 0.429. The van der Waals surface area contributed by atoms with E-state index in [1.807, 2.05) is 17.6 Å². The van der Waals surface area contributed by atoms with Gasteiger partial charge in [-0.25, -0.2) is 4.39 Å². The van der Waals surface area contributed by atoms with E-state index >= 15 is 0 Å². The van der Waals surface area contributed by atoms with Crippen LogP contribution in [-0.4, -0.2) is 51.5 Å². The number of fused-ring (bicyclic) bond motifs is 2. The number of aryl methyl sites for hydroxylation is 1. The summed E-state index contributed by atoms with van der Waals surface area (Å²) in [5.41, 5.74) is 3.13. The van der Waals surface area contributed by atoms with Gasteiger partial charge < -0.3 is 19.3 Å².